The van der Waals surface area contributed by atoms with Gasteiger partial charge in [-0.1, -0.05) is 32.0 Å². The zero-order valence-corrected chi connectivity index (χ0v) is 11.8. The molecular formula is C14H21NOS. The lowest BCUT2D eigenvalue weighted by Gasteiger charge is -2.17. The van der Waals surface area contributed by atoms with Gasteiger partial charge in [-0.15, -0.1) is 0 Å². The Balaban J connectivity index is 2.87. The number of para-hydroxylation sites is 1. The summed E-state index contributed by atoms with van der Waals surface area (Å²) in [5, 5.41) is 3.00. The van der Waals surface area contributed by atoms with E-state index >= 15 is 0 Å². The number of anilines is 1. The first kappa shape index (κ1) is 14.1. The predicted molar refractivity (Wildman–Crippen MR) is 76.8 cm³/mol. The molecule has 17 heavy (non-hydrogen) atoms. The number of thioether (sulfide) groups is 1. The number of rotatable bonds is 5. The van der Waals surface area contributed by atoms with Gasteiger partial charge < -0.3 is 5.32 Å². The number of carbonyl (C=O) groups is 1. The van der Waals surface area contributed by atoms with Crippen LogP contribution < -0.4 is 5.32 Å². The summed E-state index contributed by atoms with van der Waals surface area (Å²) in [6.45, 7) is 6.27. The molecule has 1 rings (SSSR count). The van der Waals surface area contributed by atoms with E-state index in [2.05, 4.69) is 25.2 Å². The lowest BCUT2D eigenvalue weighted by atomic mass is 9.97. The average molecular weight is 251 g/mol. The van der Waals surface area contributed by atoms with Crippen LogP contribution in [0.5, 0.6) is 0 Å². The summed E-state index contributed by atoms with van der Waals surface area (Å²) in [6.07, 6.45) is 3.02. The molecule has 1 N–H and O–H groups in total. The predicted octanol–water partition coefficient (Wildman–Crippen LogP) is 3.89. The Kier molecular flexibility index (Phi) is 5.56. The van der Waals surface area contributed by atoms with Crippen LogP contribution >= 0.6 is 11.8 Å². The molecule has 1 aromatic carbocycles. The maximum absolute atomic E-state index is 11.9. The first-order valence-corrected chi connectivity index (χ1v) is 7.31. The molecule has 0 aliphatic carbocycles. The second-order valence-corrected chi connectivity index (χ2v) is 5.44. The lowest BCUT2D eigenvalue weighted by Crippen LogP contribution is -2.23. The highest BCUT2D eigenvalue weighted by molar-refractivity contribution is 7.99. The second kappa shape index (κ2) is 6.70. The Hall–Kier alpha value is -0.960. The number of hydrogen-bond acceptors (Lipinski definition) is 2. The largest absolute Gasteiger partial charge is 0.325 e. The minimum atomic E-state index is -0.0139. The highest BCUT2D eigenvalue weighted by Crippen LogP contribution is 2.26. The standard InChI is InChI=1S/C14H21NOS/c1-5-10(2)12-8-6-7-9-13(12)15-14(16)11(3)17-4/h6-11H,5H2,1-4H3,(H,15,16). The van der Waals surface area contributed by atoms with Crippen molar-refractivity contribution >= 4 is 23.4 Å². The third-order valence-electron chi connectivity index (χ3n) is 3.08. The van der Waals surface area contributed by atoms with Gasteiger partial charge in [-0.05, 0) is 37.1 Å². The SMILES string of the molecule is CCC(C)c1ccccc1NC(=O)C(C)SC. The molecule has 0 heterocycles. The van der Waals surface area contributed by atoms with Gasteiger partial charge in [-0.3, -0.25) is 4.79 Å². The van der Waals surface area contributed by atoms with Gasteiger partial charge in [0.25, 0.3) is 0 Å². The highest BCUT2D eigenvalue weighted by atomic mass is 32.2. The molecule has 0 saturated heterocycles. The molecule has 94 valence electrons. The maximum Gasteiger partial charge on any atom is 0.237 e. The summed E-state index contributed by atoms with van der Waals surface area (Å²) in [5.41, 5.74) is 2.17. The minimum absolute atomic E-state index is 0.0139. The van der Waals surface area contributed by atoms with Crippen molar-refractivity contribution in [2.75, 3.05) is 11.6 Å². The summed E-state index contributed by atoms with van der Waals surface area (Å²) in [5.74, 6) is 0.546. The normalized spacial score (nSPS) is 14.1. The number of hydrogen-bond donors (Lipinski definition) is 1. The van der Waals surface area contributed by atoms with Gasteiger partial charge in [0.15, 0.2) is 0 Å². The summed E-state index contributed by atoms with van der Waals surface area (Å²) < 4.78 is 0. The maximum atomic E-state index is 11.9. The minimum Gasteiger partial charge on any atom is -0.325 e. The molecule has 2 unspecified atom stereocenters. The smallest absolute Gasteiger partial charge is 0.237 e. The van der Waals surface area contributed by atoms with Gasteiger partial charge in [0.05, 0.1) is 5.25 Å². The number of benzene rings is 1. The van der Waals surface area contributed by atoms with Crippen LogP contribution in [0.25, 0.3) is 0 Å². The quantitative estimate of drug-likeness (QED) is 0.860. The number of nitrogens with one attached hydrogen (secondary N) is 1. The van der Waals surface area contributed by atoms with E-state index in [4.69, 9.17) is 0 Å². The van der Waals surface area contributed by atoms with Crippen LogP contribution in [-0.4, -0.2) is 17.4 Å². The first-order chi connectivity index (χ1) is 8.10. The Labute approximate surface area is 108 Å². The highest BCUT2D eigenvalue weighted by Gasteiger charge is 2.14. The van der Waals surface area contributed by atoms with Crippen molar-refractivity contribution in [3.8, 4) is 0 Å². The molecule has 0 aromatic heterocycles. The molecule has 1 amide bonds. The fourth-order valence-corrected chi connectivity index (χ4v) is 1.87. The van der Waals surface area contributed by atoms with Gasteiger partial charge in [0, 0.05) is 5.69 Å². The molecule has 2 nitrogen and oxygen atoms in total. The third kappa shape index (κ3) is 3.77. The molecule has 0 aliphatic heterocycles. The van der Waals surface area contributed by atoms with Crippen LogP contribution in [0.3, 0.4) is 0 Å². The molecule has 2 atom stereocenters. The van der Waals surface area contributed by atoms with Gasteiger partial charge in [0.1, 0.15) is 0 Å². The van der Waals surface area contributed by atoms with E-state index < -0.39 is 0 Å². The summed E-state index contributed by atoms with van der Waals surface area (Å²) in [6, 6.07) is 8.06. The van der Waals surface area contributed by atoms with Crippen molar-refractivity contribution in [3.05, 3.63) is 29.8 Å². The monoisotopic (exact) mass is 251 g/mol. The van der Waals surface area contributed by atoms with Crippen molar-refractivity contribution in [2.45, 2.75) is 38.4 Å². The zero-order chi connectivity index (χ0) is 12.8. The fourth-order valence-electron chi connectivity index (χ4n) is 1.60. The van der Waals surface area contributed by atoms with Crippen molar-refractivity contribution in [2.24, 2.45) is 0 Å². The molecule has 3 heteroatoms. The van der Waals surface area contributed by atoms with Crippen molar-refractivity contribution < 1.29 is 4.79 Å². The molecule has 0 saturated carbocycles. The molecule has 0 radical (unpaired) electrons. The molecule has 1 aromatic rings. The van der Waals surface area contributed by atoms with Crippen LogP contribution in [0.4, 0.5) is 5.69 Å². The van der Waals surface area contributed by atoms with E-state index in [1.807, 2.05) is 31.4 Å². The van der Waals surface area contributed by atoms with Crippen LogP contribution in [0.2, 0.25) is 0 Å². The van der Waals surface area contributed by atoms with Crippen molar-refractivity contribution in [1.82, 2.24) is 0 Å². The Morgan fingerprint density at radius 1 is 1.35 bits per heavy atom. The molecule has 0 spiro atoms. The van der Waals surface area contributed by atoms with Gasteiger partial charge in [-0.2, -0.15) is 11.8 Å². The Morgan fingerprint density at radius 2 is 2.00 bits per heavy atom. The van der Waals surface area contributed by atoms with E-state index in [9.17, 15) is 4.79 Å². The van der Waals surface area contributed by atoms with E-state index in [0.717, 1.165) is 12.1 Å². The average Bonchev–Trinajstić information content (AvgIpc) is 2.37. The molecular weight excluding hydrogens is 230 g/mol. The molecule has 0 bridgehead atoms. The van der Waals surface area contributed by atoms with E-state index in [1.165, 1.54) is 5.56 Å². The zero-order valence-electron chi connectivity index (χ0n) is 11.0. The summed E-state index contributed by atoms with van der Waals surface area (Å²) in [4.78, 5) is 11.9. The topological polar surface area (TPSA) is 29.1 Å². The Bertz CT molecular complexity index is 378. The van der Waals surface area contributed by atoms with E-state index in [-0.39, 0.29) is 11.2 Å². The van der Waals surface area contributed by atoms with Crippen molar-refractivity contribution in [1.29, 1.82) is 0 Å². The van der Waals surface area contributed by atoms with Gasteiger partial charge in [0.2, 0.25) is 5.91 Å². The summed E-state index contributed by atoms with van der Waals surface area (Å²) in [7, 11) is 0. The summed E-state index contributed by atoms with van der Waals surface area (Å²) >= 11 is 1.56. The van der Waals surface area contributed by atoms with Gasteiger partial charge >= 0.3 is 0 Å². The second-order valence-electron chi connectivity index (χ2n) is 4.26. The molecule has 0 fully saturated rings. The fraction of sp³-hybridized carbons (Fsp3) is 0.500. The number of carbonyl (C=O) groups excluding carboxylic acids is 1. The van der Waals surface area contributed by atoms with Crippen molar-refractivity contribution in [3.63, 3.8) is 0 Å². The first-order valence-electron chi connectivity index (χ1n) is 6.02. The third-order valence-corrected chi connectivity index (χ3v) is 4.01. The van der Waals surface area contributed by atoms with E-state index in [1.54, 1.807) is 11.8 Å². The number of amides is 1. The van der Waals surface area contributed by atoms with Crippen LogP contribution in [0.1, 0.15) is 38.7 Å². The Morgan fingerprint density at radius 3 is 2.59 bits per heavy atom. The van der Waals surface area contributed by atoms with E-state index in [0.29, 0.717) is 5.92 Å². The van der Waals surface area contributed by atoms with Crippen LogP contribution in [-0.2, 0) is 4.79 Å². The lowest BCUT2D eigenvalue weighted by molar-refractivity contribution is -0.115. The van der Waals surface area contributed by atoms with Crippen LogP contribution in [0, 0.1) is 0 Å². The molecule has 0 aliphatic rings. The van der Waals surface area contributed by atoms with Crippen LogP contribution in [0.15, 0.2) is 24.3 Å². The van der Waals surface area contributed by atoms with Gasteiger partial charge in [-0.25, -0.2) is 0 Å².